The van der Waals surface area contributed by atoms with E-state index >= 15 is 0 Å². The van der Waals surface area contributed by atoms with Gasteiger partial charge in [0.2, 0.25) is 0 Å². The van der Waals surface area contributed by atoms with Crippen molar-refractivity contribution in [1.82, 2.24) is 19.4 Å². The number of hydrogen-bond acceptors (Lipinski definition) is 4. The lowest BCUT2D eigenvalue weighted by atomic mass is 10.1. The molecule has 0 unspecified atom stereocenters. The van der Waals surface area contributed by atoms with Crippen molar-refractivity contribution in [2.24, 2.45) is 5.92 Å². The number of benzene rings is 2. The van der Waals surface area contributed by atoms with E-state index in [-0.39, 0.29) is 5.91 Å². The molecule has 1 saturated heterocycles. The second kappa shape index (κ2) is 7.93. The van der Waals surface area contributed by atoms with Gasteiger partial charge in [-0.15, -0.1) is 0 Å². The summed E-state index contributed by atoms with van der Waals surface area (Å²) in [5, 5.41) is 0.969. The predicted molar refractivity (Wildman–Crippen MR) is 124 cm³/mol. The molecule has 162 valence electrons. The van der Waals surface area contributed by atoms with Crippen LogP contribution >= 0.6 is 0 Å². The molecule has 1 aliphatic carbocycles. The van der Waals surface area contributed by atoms with Gasteiger partial charge in [-0.2, -0.15) is 0 Å². The van der Waals surface area contributed by atoms with Crippen molar-refractivity contribution in [2.45, 2.75) is 32.1 Å². The molecule has 2 aliphatic rings. The molecule has 1 saturated carbocycles. The molecule has 1 aliphatic heterocycles. The van der Waals surface area contributed by atoms with Gasteiger partial charge in [0.05, 0.1) is 23.2 Å². The molecule has 0 N–H and O–H groups in total. The SMILES string of the molecule is O=C(c1ccc2nc(-n3cnc4cc(OCC5CC5)ccc43)ccc2c1)N1CCCCC1. The first-order valence-corrected chi connectivity index (χ1v) is 11.5. The molecular weight excluding hydrogens is 400 g/mol. The maximum absolute atomic E-state index is 12.8. The van der Waals surface area contributed by atoms with Crippen molar-refractivity contribution in [3.8, 4) is 11.6 Å². The zero-order valence-corrected chi connectivity index (χ0v) is 18.0. The molecule has 32 heavy (non-hydrogen) atoms. The van der Waals surface area contributed by atoms with Crippen molar-refractivity contribution in [3.05, 3.63) is 60.4 Å². The summed E-state index contributed by atoms with van der Waals surface area (Å²) in [6, 6.07) is 15.8. The maximum Gasteiger partial charge on any atom is 0.253 e. The fraction of sp³-hybridized carbons (Fsp3) is 0.346. The van der Waals surface area contributed by atoms with Crippen LogP contribution in [0.2, 0.25) is 0 Å². The smallest absolute Gasteiger partial charge is 0.253 e. The molecule has 2 fully saturated rings. The van der Waals surface area contributed by atoms with Crippen LogP contribution < -0.4 is 4.74 Å². The van der Waals surface area contributed by atoms with Gasteiger partial charge in [0.1, 0.15) is 17.9 Å². The van der Waals surface area contributed by atoms with Gasteiger partial charge in [-0.1, -0.05) is 0 Å². The molecule has 6 heteroatoms. The van der Waals surface area contributed by atoms with Crippen LogP contribution in [-0.2, 0) is 0 Å². The zero-order valence-electron chi connectivity index (χ0n) is 18.0. The first-order chi connectivity index (χ1) is 15.7. The van der Waals surface area contributed by atoms with Crippen LogP contribution in [0.1, 0.15) is 42.5 Å². The number of pyridine rings is 1. The van der Waals surface area contributed by atoms with Crippen molar-refractivity contribution >= 4 is 27.8 Å². The largest absolute Gasteiger partial charge is 0.493 e. The van der Waals surface area contributed by atoms with Gasteiger partial charge in [-0.25, -0.2) is 9.97 Å². The second-order valence-corrected chi connectivity index (χ2v) is 8.95. The van der Waals surface area contributed by atoms with Crippen LogP contribution in [0, 0.1) is 5.92 Å². The highest BCUT2D eigenvalue weighted by molar-refractivity contribution is 5.98. The van der Waals surface area contributed by atoms with Gasteiger partial charge in [0, 0.05) is 30.1 Å². The number of piperidine rings is 1. The number of ether oxygens (including phenoxy) is 1. The van der Waals surface area contributed by atoms with Crippen LogP contribution in [0.15, 0.2) is 54.9 Å². The lowest BCUT2D eigenvalue weighted by Crippen LogP contribution is -2.35. The monoisotopic (exact) mass is 426 g/mol. The van der Waals surface area contributed by atoms with E-state index in [1.807, 2.05) is 58.0 Å². The molecule has 6 rings (SSSR count). The van der Waals surface area contributed by atoms with E-state index in [1.54, 1.807) is 6.33 Å². The number of carbonyl (C=O) groups is 1. The summed E-state index contributed by atoms with van der Waals surface area (Å²) in [5.41, 5.74) is 3.49. The Morgan fingerprint density at radius 3 is 2.69 bits per heavy atom. The van der Waals surface area contributed by atoms with Crippen molar-refractivity contribution in [3.63, 3.8) is 0 Å². The normalized spacial score (nSPS) is 16.6. The van der Waals surface area contributed by atoms with E-state index in [9.17, 15) is 4.79 Å². The molecule has 0 bridgehead atoms. The standard InChI is InChI=1S/C26H26N4O2/c31-26(29-12-2-1-3-13-29)20-6-9-22-19(14-20)7-11-25(28-22)30-17-27-23-15-21(8-10-24(23)30)32-16-18-4-5-18/h6-11,14-15,17-18H,1-5,12-13,16H2. The lowest BCUT2D eigenvalue weighted by molar-refractivity contribution is 0.0724. The van der Waals surface area contributed by atoms with Gasteiger partial charge >= 0.3 is 0 Å². The number of likely N-dealkylation sites (tertiary alicyclic amines) is 1. The summed E-state index contributed by atoms with van der Waals surface area (Å²) in [6.45, 7) is 2.50. The maximum atomic E-state index is 12.8. The summed E-state index contributed by atoms with van der Waals surface area (Å²) in [4.78, 5) is 24.2. The van der Waals surface area contributed by atoms with E-state index in [0.717, 1.165) is 77.5 Å². The van der Waals surface area contributed by atoms with Crippen LogP contribution in [0.25, 0.3) is 27.8 Å². The van der Waals surface area contributed by atoms with Crippen LogP contribution in [0.4, 0.5) is 0 Å². The minimum atomic E-state index is 0.121. The highest BCUT2D eigenvalue weighted by Crippen LogP contribution is 2.30. The highest BCUT2D eigenvalue weighted by Gasteiger charge is 2.22. The zero-order chi connectivity index (χ0) is 21.5. The number of hydrogen-bond donors (Lipinski definition) is 0. The quantitative estimate of drug-likeness (QED) is 0.451. The molecular formula is C26H26N4O2. The van der Waals surface area contributed by atoms with Gasteiger partial charge < -0.3 is 9.64 Å². The van der Waals surface area contributed by atoms with E-state index < -0.39 is 0 Å². The Hall–Kier alpha value is -3.41. The van der Waals surface area contributed by atoms with Crippen LogP contribution in [0.5, 0.6) is 5.75 Å². The molecule has 0 spiro atoms. The average Bonchev–Trinajstić information content (AvgIpc) is 3.59. The predicted octanol–water partition coefficient (Wildman–Crippen LogP) is 4.99. The fourth-order valence-corrected chi connectivity index (χ4v) is 4.43. The fourth-order valence-electron chi connectivity index (χ4n) is 4.43. The Morgan fingerprint density at radius 1 is 0.969 bits per heavy atom. The molecule has 2 aromatic heterocycles. The Bertz CT molecular complexity index is 1300. The van der Waals surface area contributed by atoms with E-state index in [1.165, 1.54) is 19.3 Å². The third-order valence-corrected chi connectivity index (χ3v) is 6.51. The van der Waals surface area contributed by atoms with Gasteiger partial charge in [-0.3, -0.25) is 9.36 Å². The Morgan fingerprint density at radius 2 is 1.84 bits per heavy atom. The number of carbonyl (C=O) groups excluding carboxylic acids is 1. The van der Waals surface area contributed by atoms with E-state index in [2.05, 4.69) is 4.98 Å². The molecule has 0 atom stereocenters. The number of rotatable bonds is 5. The number of fused-ring (bicyclic) bond motifs is 2. The summed E-state index contributed by atoms with van der Waals surface area (Å²) in [6.07, 6.45) is 7.76. The minimum Gasteiger partial charge on any atom is -0.493 e. The topological polar surface area (TPSA) is 60.3 Å². The summed E-state index contributed by atoms with van der Waals surface area (Å²) in [5.74, 6) is 2.52. The van der Waals surface area contributed by atoms with Crippen LogP contribution in [0.3, 0.4) is 0 Å². The highest BCUT2D eigenvalue weighted by atomic mass is 16.5. The van der Waals surface area contributed by atoms with Crippen molar-refractivity contribution in [1.29, 1.82) is 0 Å². The third-order valence-electron chi connectivity index (χ3n) is 6.51. The second-order valence-electron chi connectivity index (χ2n) is 8.95. The Kier molecular flexibility index (Phi) is 4.78. The summed E-state index contributed by atoms with van der Waals surface area (Å²) in [7, 11) is 0. The first kappa shape index (κ1) is 19.3. The lowest BCUT2D eigenvalue weighted by Gasteiger charge is -2.26. The molecule has 2 aromatic carbocycles. The van der Waals surface area contributed by atoms with E-state index in [0.29, 0.717) is 0 Å². The number of aromatic nitrogens is 3. The number of amides is 1. The average molecular weight is 427 g/mol. The van der Waals surface area contributed by atoms with Crippen molar-refractivity contribution in [2.75, 3.05) is 19.7 Å². The molecule has 0 radical (unpaired) electrons. The van der Waals surface area contributed by atoms with Gasteiger partial charge in [0.25, 0.3) is 5.91 Å². The summed E-state index contributed by atoms with van der Waals surface area (Å²) < 4.78 is 7.88. The van der Waals surface area contributed by atoms with E-state index in [4.69, 9.17) is 9.72 Å². The molecule has 6 nitrogen and oxygen atoms in total. The molecule has 3 heterocycles. The van der Waals surface area contributed by atoms with Gasteiger partial charge in [0.15, 0.2) is 0 Å². The van der Waals surface area contributed by atoms with Crippen molar-refractivity contribution < 1.29 is 9.53 Å². The first-order valence-electron chi connectivity index (χ1n) is 11.5. The summed E-state index contributed by atoms with van der Waals surface area (Å²) >= 11 is 0. The molecule has 1 amide bonds. The van der Waals surface area contributed by atoms with Crippen LogP contribution in [-0.4, -0.2) is 45.0 Å². The Labute approximate surface area is 186 Å². The molecule has 4 aromatic rings. The minimum absolute atomic E-state index is 0.121. The number of nitrogens with zero attached hydrogens (tertiary/aromatic N) is 4. The Balaban J connectivity index is 1.27. The van der Waals surface area contributed by atoms with Gasteiger partial charge in [-0.05, 0) is 80.5 Å². The number of imidazole rings is 1. The third kappa shape index (κ3) is 3.70.